The zero-order valence-electron chi connectivity index (χ0n) is 12.8. The Labute approximate surface area is 125 Å². The summed E-state index contributed by atoms with van der Waals surface area (Å²) in [5.41, 5.74) is 0. The van der Waals surface area contributed by atoms with Gasteiger partial charge in [-0.15, -0.1) is 0 Å². The lowest BCUT2D eigenvalue weighted by molar-refractivity contribution is -0.125. The Kier molecular flexibility index (Phi) is 5.42. The maximum Gasteiger partial charge on any atom is 0.289 e. The number of carbonyl (C=O) groups is 2. The minimum absolute atomic E-state index is 0.0656. The fourth-order valence-electron chi connectivity index (χ4n) is 2.69. The first-order chi connectivity index (χ1) is 10.1. The van der Waals surface area contributed by atoms with Gasteiger partial charge in [0.25, 0.3) is 5.91 Å². The molecule has 21 heavy (non-hydrogen) atoms. The summed E-state index contributed by atoms with van der Waals surface area (Å²) in [5, 5.41) is 3.10. The lowest BCUT2D eigenvalue weighted by atomic mass is 10.0. The van der Waals surface area contributed by atoms with Gasteiger partial charge in [0.15, 0.2) is 5.76 Å². The normalized spacial score (nSPS) is 17.5. The average molecular weight is 292 g/mol. The number of nitrogens with zero attached hydrogens (tertiary/aromatic N) is 1. The Morgan fingerprint density at radius 3 is 2.71 bits per heavy atom. The van der Waals surface area contributed by atoms with Gasteiger partial charge in [-0.1, -0.05) is 20.3 Å². The molecule has 1 N–H and O–H groups in total. The van der Waals surface area contributed by atoms with Crippen molar-refractivity contribution < 1.29 is 14.0 Å². The van der Waals surface area contributed by atoms with E-state index < -0.39 is 0 Å². The van der Waals surface area contributed by atoms with Crippen LogP contribution in [-0.2, 0) is 4.79 Å². The van der Waals surface area contributed by atoms with Gasteiger partial charge in [0.1, 0.15) is 0 Å². The zero-order valence-corrected chi connectivity index (χ0v) is 12.8. The van der Waals surface area contributed by atoms with Crippen LogP contribution in [0.15, 0.2) is 22.8 Å². The summed E-state index contributed by atoms with van der Waals surface area (Å²) in [7, 11) is 0. The first-order valence-corrected chi connectivity index (χ1v) is 7.75. The number of hydrogen-bond acceptors (Lipinski definition) is 3. The maximum absolute atomic E-state index is 12.1. The molecule has 1 aromatic rings. The van der Waals surface area contributed by atoms with Gasteiger partial charge in [-0.25, -0.2) is 0 Å². The van der Waals surface area contributed by atoms with E-state index in [1.54, 1.807) is 17.0 Å². The van der Waals surface area contributed by atoms with E-state index in [9.17, 15) is 9.59 Å². The maximum atomic E-state index is 12.1. The second-order valence-corrected chi connectivity index (χ2v) is 5.74. The summed E-state index contributed by atoms with van der Waals surface area (Å²) in [5.74, 6) is 0.517. The minimum Gasteiger partial charge on any atom is -0.459 e. The van der Waals surface area contributed by atoms with Gasteiger partial charge in [-0.05, 0) is 31.4 Å². The van der Waals surface area contributed by atoms with Crippen LogP contribution in [0, 0.1) is 5.92 Å². The van der Waals surface area contributed by atoms with Gasteiger partial charge < -0.3 is 14.6 Å². The van der Waals surface area contributed by atoms with Crippen molar-refractivity contribution in [1.29, 1.82) is 0 Å². The van der Waals surface area contributed by atoms with E-state index in [1.807, 2.05) is 6.92 Å². The number of hydrogen-bond donors (Lipinski definition) is 1. The van der Waals surface area contributed by atoms with Crippen LogP contribution in [0.3, 0.4) is 0 Å². The van der Waals surface area contributed by atoms with Crippen LogP contribution >= 0.6 is 0 Å². The Morgan fingerprint density at radius 2 is 2.14 bits per heavy atom. The van der Waals surface area contributed by atoms with Gasteiger partial charge in [0, 0.05) is 25.0 Å². The van der Waals surface area contributed by atoms with Crippen LogP contribution in [0.2, 0.25) is 0 Å². The molecule has 0 bridgehead atoms. The summed E-state index contributed by atoms with van der Waals surface area (Å²) in [6, 6.07) is 3.58. The van der Waals surface area contributed by atoms with Gasteiger partial charge in [-0.3, -0.25) is 9.59 Å². The molecule has 1 atom stereocenters. The molecule has 0 saturated carbocycles. The van der Waals surface area contributed by atoms with Gasteiger partial charge in [-0.2, -0.15) is 0 Å². The molecule has 5 nitrogen and oxygen atoms in total. The quantitative estimate of drug-likeness (QED) is 0.906. The van der Waals surface area contributed by atoms with Crippen molar-refractivity contribution >= 4 is 11.8 Å². The predicted molar refractivity (Wildman–Crippen MR) is 79.8 cm³/mol. The Morgan fingerprint density at radius 1 is 1.43 bits per heavy atom. The van der Waals surface area contributed by atoms with E-state index >= 15 is 0 Å². The van der Waals surface area contributed by atoms with Crippen LogP contribution in [0.4, 0.5) is 0 Å². The van der Waals surface area contributed by atoms with Crippen molar-refractivity contribution in [2.24, 2.45) is 5.92 Å². The molecule has 0 spiro atoms. The molecule has 2 heterocycles. The average Bonchev–Trinajstić information content (AvgIpc) is 3.01. The zero-order chi connectivity index (χ0) is 15.2. The van der Waals surface area contributed by atoms with E-state index in [4.69, 9.17) is 4.42 Å². The summed E-state index contributed by atoms with van der Waals surface area (Å²) in [6.07, 6.45) is 5.05. The fourth-order valence-corrected chi connectivity index (χ4v) is 2.69. The summed E-state index contributed by atoms with van der Waals surface area (Å²) < 4.78 is 5.14. The van der Waals surface area contributed by atoms with E-state index in [0.717, 1.165) is 25.7 Å². The number of nitrogens with one attached hydrogen (secondary N) is 1. The third-order valence-corrected chi connectivity index (χ3v) is 4.03. The highest BCUT2D eigenvalue weighted by molar-refractivity contribution is 5.91. The Balaban J connectivity index is 1.78. The fraction of sp³-hybridized carbons (Fsp3) is 0.625. The molecule has 1 fully saturated rings. The summed E-state index contributed by atoms with van der Waals surface area (Å²) in [6.45, 7) is 5.37. The van der Waals surface area contributed by atoms with Crippen LogP contribution in [0.1, 0.15) is 50.1 Å². The second-order valence-electron chi connectivity index (χ2n) is 5.74. The third kappa shape index (κ3) is 4.09. The first kappa shape index (κ1) is 15.6. The lowest BCUT2D eigenvalue weighted by Gasteiger charge is -2.32. The third-order valence-electron chi connectivity index (χ3n) is 4.03. The van der Waals surface area contributed by atoms with Crippen molar-refractivity contribution in [3.05, 3.63) is 24.2 Å². The first-order valence-electron chi connectivity index (χ1n) is 7.75. The highest BCUT2D eigenvalue weighted by Gasteiger charge is 2.26. The SMILES string of the molecule is CCCC(C)C(=O)NC1CCN(C(=O)c2ccco2)CC1. The molecular weight excluding hydrogens is 268 g/mol. The molecule has 1 aromatic heterocycles. The smallest absolute Gasteiger partial charge is 0.289 e. The molecule has 0 aliphatic carbocycles. The monoisotopic (exact) mass is 292 g/mol. The highest BCUT2D eigenvalue weighted by Crippen LogP contribution is 2.15. The summed E-state index contributed by atoms with van der Waals surface area (Å²) >= 11 is 0. The molecule has 0 aromatic carbocycles. The molecule has 1 unspecified atom stereocenters. The molecule has 0 radical (unpaired) electrons. The second kappa shape index (κ2) is 7.29. The van der Waals surface area contributed by atoms with E-state index in [2.05, 4.69) is 12.2 Å². The molecule has 1 aliphatic rings. The van der Waals surface area contributed by atoms with Gasteiger partial charge >= 0.3 is 0 Å². The van der Waals surface area contributed by atoms with Crippen molar-refractivity contribution in [2.45, 2.75) is 45.6 Å². The lowest BCUT2D eigenvalue weighted by Crippen LogP contribution is -2.47. The topological polar surface area (TPSA) is 62.6 Å². The number of piperidine rings is 1. The molecule has 2 rings (SSSR count). The van der Waals surface area contributed by atoms with E-state index in [1.165, 1.54) is 6.26 Å². The van der Waals surface area contributed by atoms with Crippen LogP contribution in [0.5, 0.6) is 0 Å². The van der Waals surface area contributed by atoms with Crippen molar-refractivity contribution in [3.63, 3.8) is 0 Å². The molecular formula is C16H24N2O3. The van der Waals surface area contributed by atoms with Crippen molar-refractivity contribution in [1.82, 2.24) is 10.2 Å². The Bertz CT molecular complexity index is 462. The minimum atomic E-state index is -0.0656. The number of rotatable bonds is 5. The number of likely N-dealkylation sites (tertiary alicyclic amines) is 1. The van der Waals surface area contributed by atoms with Crippen molar-refractivity contribution in [2.75, 3.05) is 13.1 Å². The summed E-state index contributed by atoms with van der Waals surface area (Å²) in [4.78, 5) is 25.9. The number of furan rings is 1. The van der Waals surface area contributed by atoms with E-state index in [-0.39, 0.29) is 23.8 Å². The molecule has 1 saturated heterocycles. The van der Waals surface area contributed by atoms with E-state index in [0.29, 0.717) is 18.8 Å². The largest absolute Gasteiger partial charge is 0.459 e. The van der Waals surface area contributed by atoms with Crippen molar-refractivity contribution in [3.8, 4) is 0 Å². The molecule has 1 aliphatic heterocycles. The number of carbonyl (C=O) groups excluding carboxylic acids is 2. The number of amides is 2. The Hall–Kier alpha value is -1.78. The van der Waals surface area contributed by atoms with Gasteiger partial charge in [0.2, 0.25) is 5.91 Å². The molecule has 5 heteroatoms. The molecule has 116 valence electrons. The van der Waals surface area contributed by atoms with Crippen LogP contribution in [-0.4, -0.2) is 35.8 Å². The van der Waals surface area contributed by atoms with Crippen LogP contribution in [0.25, 0.3) is 0 Å². The highest BCUT2D eigenvalue weighted by atomic mass is 16.3. The standard InChI is InChI=1S/C16H24N2O3/c1-3-5-12(2)15(19)17-13-7-9-18(10-8-13)16(20)14-6-4-11-21-14/h4,6,11-13H,3,5,7-10H2,1-2H3,(H,17,19). The molecule has 2 amide bonds. The van der Waals surface area contributed by atoms with Crippen LogP contribution < -0.4 is 5.32 Å². The predicted octanol–water partition coefficient (Wildman–Crippen LogP) is 2.44. The van der Waals surface area contributed by atoms with Gasteiger partial charge in [0.05, 0.1) is 6.26 Å².